The van der Waals surface area contributed by atoms with Crippen LogP contribution in [0.3, 0.4) is 0 Å². The van der Waals surface area contributed by atoms with Crippen LogP contribution in [-0.4, -0.2) is 46.6 Å². The van der Waals surface area contributed by atoms with Crippen molar-refractivity contribution in [2.45, 2.75) is 18.6 Å². The molecule has 1 heterocycles. The quantitative estimate of drug-likeness (QED) is 0.889. The van der Waals surface area contributed by atoms with Gasteiger partial charge in [-0.25, -0.2) is 0 Å². The van der Waals surface area contributed by atoms with E-state index in [1.165, 1.54) is 0 Å². The van der Waals surface area contributed by atoms with Crippen LogP contribution in [0.4, 0.5) is 11.9 Å². The summed E-state index contributed by atoms with van der Waals surface area (Å²) in [4.78, 5) is 14.1. The maximum Gasteiger partial charge on any atom is 0.230 e. The van der Waals surface area contributed by atoms with Crippen LogP contribution in [0.25, 0.3) is 0 Å². The number of halogens is 1. The SMILES string of the molecule is CSC(C)(C)CNc1nc(Cl)nc(N(C)C)n1. The number of rotatable bonds is 5. The van der Waals surface area contributed by atoms with Gasteiger partial charge in [0, 0.05) is 25.4 Å². The molecule has 0 saturated carbocycles. The summed E-state index contributed by atoms with van der Waals surface area (Å²) < 4.78 is 0.122. The second-order valence-corrected chi connectivity index (χ2v) is 6.29. The van der Waals surface area contributed by atoms with Crippen molar-refractivity contribution in [1.29, 1.82) is 0 Å². The summed E-state index contributed by atoms with van der Waals surface area (Å²) in [5.41, 5.74) is 0. The van der Waals surface area contributed by atoms with Gasteiger partial charge in [0.25, 0.3) is 0 Å². The lowest BCUT2D eigenvalue weighted by Crippen LogP contribution is -2.27. The van der Waals surface area contributed by atoms with E-state index in [0.717, 1.165) is 6.54 Å². The number of anilines is 2. The lowest BCUT2D eigenvalue weighted by Gasteiger charge is -2.22. The van der Waals surface area contributed by atoms with Gasteiger partial charge in [0.1, 0.15) is 0 Å². The van der Waals surface area contributed by atoms with Gasteiger partial charge in [0.15, 0.2) is 0 Å². The van der Waals surface area contributed by atoms with Crippen molar-refractivity contribution in [2.24, 2.45) is 0 Å². The molecule has 0 amide bonds. The Morgan fingerprint density at radius 2 is 1.94 bits per heavy atom. The molecule has 0 saturated heterocycles. The average molecular weight is 276 g/mol. The summed E-state index contributed by atoms with van der Waals surface area (Å²) in [5, 5.41) is 3.38. The summed E-state index contributed by atoms with van der Waals surface area (Å²) >= 11 is 7.63. The highest BCUT2D eigenvalue weighted by Crippen LogP contribution is 2.21. The van der Waals surface area contributed by atoms with Gasteiger partial charge in [-0.2, -0.15) is 26.7 Å². The molecule has 0 unspecified atom stereocenters. The minimum absolute atomic E-state index is 0.122. The van der Waals surface area contributed by atoms with Gasteiger partial charge in [-0.1, -0.05) is 0 Å². The maximum absolute atomic E-state index is 5.84. The molecule has 1 aromatic rings. The third kappa shape index (κ3) is 4.55. The molecule has 0 aliphatic rings. The largest absolute Gasteiger partial charge is 0.353 e. The Kier molecular flexibility index (Phi) is 4.82. The third-order valence-corrected chi connectivity index (χ3v) is 3.64. The molecular formula is C10H18ClN5S. The zero-order valence-corrected chi connectivity index (χ0v) is 12.4. The van der Waals surface area contributed by atoms with Crippen molar-refractivity contribution in [3.05, 3.63) is 5.28 Å². The summed E-state index contributed by atoms with van der Waals surface area (Å²) in [7, 11) is 3.72. The van der Waals surface area contributed by atoms with Crippen LogP contribution in [0, 0.1) is 0 Å². The Balaban J connectivity index is 2.78. The second kappa shape index (κ2) is 5.73. The number of thioether (sulfide) groups is 1. The number of hydrogen-bond donors (Lipinski definition) is 1. The maximum atomic E-state index is 5.84. The van der Waals surface area contributed by atoms with Crippen molar-refractivity contribution < 1.29 is 0 Å². The Morgan fingerprint density at radius 1 is 1.29 bits per heavy atom. The van der Waals surface area contributed by atoms with Crippen LogP contribution in [0.1, 0.15) is 13.8 Å². The first-order valence-electron chi connectivity index (χ1n) is 5.22. The highest BCUT2D eigenvalue weighted by atomic mass is 35.5. The normalized spacial score (nSPS) is 11.4. The van der Waals surface area contributed by atoms with E-state index in [1.54, 1.807) is 16.7 Å². The molecule has 0 radical (unpaired) electrons. The van der Waals surface area contributed by atoms with Crippen LogP contribution in [0.15, 0.2) is 0 Å². The van der Waals surface area contributed by atoms with Gasteiger partial charge >= 0.3 is 0 Å². The fourth-order valence-electron chi connectivity index (χ4n) is 0.983. The Bertz CT molecular complexity index is 383. The van der Waals surface area contributed by atoms with Crippen molar-refractivity contribution in [1.82, 2.24) is 15.0 Å². The molecule has 17 heavy (non-hydrogen) atoms. The molecule has 0 fully saturated rings. The van der Waals surface area contributed by atoms with Crippen molar-refractivity contribution in [3.63, 3.8) is 0 Å². The zero-order chi connectivity index (χ0) is 13.1. The number of hydrogen-bond acceptors (Lipinski definition) is 6. The van der Waals surface area contributed by atoms with E-state index in [0.29, 0.717) is 11.9 Å². The molecule has 1 aromatic heterocycles. The first-order valence-corrected chi connectivity index (χ1v) is 6.82. The van der Waals surface area contributed by atoms with Crippen LogP contribution in [0.2, 0.25) is 5.28 Å². The Labute approximate surface area is 111 Å². The van der Waals surface area contributed by atoms with E-state index in [9.17, 15) is 0 Å². The van der Waals surface area contributed by atoms with Gasteiger partial charge in [-0.15, -0.1) is 0 Å². The Hall–Kier alpha value is -0.750. The lowest BCUT2D eigenvalue weighted by atomic mass is 10.2. The highest BCUT2D eigenvalue weighted by molar-refractivity contribution is 7.99. The smallest absolute Gasteiger partial charge is 0.230 e. The summed E-state index contributed by atoms with van der Waals surface area (Å²) in [5.74, 6) is 1.06. The van der Waals surface area contributed by atoms with E-state index in [1.807, 2.05) is 14.1 Å². The van der Waals surface area contributed by atoms with Gasteiger partial charge in [-0.05, 0) is 31.7 Å². The van der Waals surface area contributed by atoms with Crippen molar-refractivity contribution >= 4 is 35.3 Å². The number of nitrogens with zero attached hydrogens (tertiary/aromatic N) is 4. The molecule has 7 heteroatoms. The molecule has 0 spiro atoms. The molecule has 0 atom stereocenters. The predicted molar refractivity (Wildman–Crippen MR) is 75.2 cm³/mol. The minimum Gasteiger partial charge on any atom is -0.353 e. The minimum atomic E-state index is 0.122. The molecule has 0 bridgehead atoms. The second-order valence-electron chi connectivity index (χ2n) is 4.44. The monoisotopic (exact) mass is 275 g/mol. The standard InChI is InChI=1S/C10H18ClN5S/c1-10(2,17-5)6-12-8-13-7(11)14-9(15-8)16(3)4/h6H2,1-5H3,(H,12,13,14,15). The van der Waals surface area contributed by atoms with Crippen molar-refractivity contribution in [2.75, 3.05) is 37.1 Å². The first kappa shape index (κ1) is 14.3. The van der Waals surface area contributed by atoms with Crippen LogP contribution >= 0.6 is 23.4 Å². The molecule has 0 aliphatic carbocycles. The predicted octanol–water partition coefficient (Wildman–Crippen LogP) is 2.14. The lowest BCUT2D eigenvalue weighted by molar-refractivity contribution is 0.745. The Morgan fingerprint density at radius 3 is 2.47 bits per heavy atom. The topological polar surface area (TPSA) is 53.9 Å². The molecule has 5 nitrogen and oxygen atoms in total. The molecule has 0 aliphatic heterocycles. The number of aromatic nitrogens is 3. The molecular weight excluding hydrogens is 258 g/mol. The van der Waals surface area contributed by atoms with Crippen molar-refractivity contribution in [3.8, 4) is 0 Å². The zero-order valence-electron chi connectivity index (χ0n) is 10.8. The van der Waals surface area contributed by atoms with E-state index in [4.69, 9.17) is 11.6 Å². The third-order valence-electron chi connectivity index (χ3n) is 2.22. The molecule has 0 aromatic carbocycles. The van der Waals surface area contributed by atoms with Gasteiger partial charge in [-0.3, -0.25) is 0 Å². The summed E-state index contributed by atoms with van der Waals surface area (Å²) in [6, 6.07) is 0. The van der Waals surface area contributed by atoms with Gasteiger partial charge in [0.05, 0.1) is 0 Å². The first-order chi connectivity index (χ1) is 7.84. The van der Waals surface area contributed by atoms with Crippen LogP contribution < -0.4 is 10.2 Å². The van der Waals surface area contributed by atoms with Gasteiger partial charge < -0.3 is 10.2 Å². The van der Waals surface area contributed by atoms with Crippen LogP contribution in [-0.2, 0) is 0 Å². The fraction of sp³-hybridized carbons (Fsp3) is 0.700. The molecule has 1 rings (SSSR count). The summed E-state index contributed by atoms with van der Waals surface area (Å²) in [6.45, 7) is 5.07. The van der Waals surface area contributed by atoms with E-state index >= 15 is 0 Å². The van der Waals surface area contributed by atoms with Crippen LogP contribution in [0.5, 0.6) is 0 Å². The summed E-state index contributed by atoms with van der Waals surface area (Å²) in [6.07, 6.45) is 2.08. The van der Waals surface area contributed by atoms with E-state index < -0.39 is 0 Å². The molecule has 1 N–H and O–H groups in total. The average Bonchev–Trinajstić information content (AvgIpc) is 2.26. The fourth-order valence-corrected chi connectivity index (χ4v) is 1.35. The van der Waals surface area contributed by atoms with E-state index in [2.05, 4.69) is 40.4 Å². The highest BCUT2D eigenvalue weighted by Gasteiger charge is 2.16. The molecule has 96 valence electrons. The number of nitrogens with one attached hydrogen (secondary N) is 1. The van der Waals surface area contributed by atoms with E-state index in [-0.39, 0.29) is 10.0 Å². The van der Waals surface area contributed by atoms with Gasteiger partial charge in [0.2, 0.25) is 17.2 Å².